The first-order valence-electron chi connectivity index (χ1n) is 11.4. The Morgan fingerprint density at radius 2 is 1.31 bits per heavy atom. The summed E-state index contributed by atoms with van der Waals surface area (Å²) in [6.07, 6.45) is 0. The Kier molecular flexibility index (Phi) is 5.41. The average molecular weight is 452 g/mol. The number of hydrogen-bond acceptors (Lipinski definition) is 4. The van der Waals surface area contributed by atoms with E-state index in [1.54, 1.807) is 0 Å². The number of rotatable bonds is 4. The fraction of sp³-hybridized carbons (Fsp3) is 0. The minimum atomic E-state index is 0.477. The van der Waals surface area contributed by atoms with Gasteiger partial charge in [-0.3, -0.25) is 5.43 Å². The van der Waals surface area contributed by atoms with Crippen LogP contribution in [0.25, 0.3) is 32.4 Å². The lowest BCUT2D eigenvalue weighted by atomic mass is 9.98. The number of benzene rings is 5. The molecule has 0 saturated carbocycles. The van der Waals surface area contributed by atoms with E-state index in [4.69, 9.17) is 0 Å². The van der Waals surface area contributed by atoms with Crippen molar-refractivity contribution in [2.45, 2.75) is 0 Å². The third-order valence-electron chi connectivity index (χ3n) is 5.92. The van der Waals surface area contributed by atoms with Gasteiger partial charge < -0.3 is 0 Å². The summed E-state index contributed by atoms with van der Waals surface area (Å²) in [7, 11) is 0. The van der Waals surface area contributed by atoms with Crippen molar-refractivity contribution in [3.8, 4) is 0 Å². The molecule has 1 heterocycles. The summed E-state index contributed by atoms with van der Waals surface area (Å²) < 4.78 is 0. The SMILES string of the molecule is c1ccc(NN=C(N=Nc2ccc3ccccc3n2)c2cccc3c2ccc2ccccc23)cc1. The van der Waals surface area contributed by atoms with Crippen LogP contribution < -0.4 is 5.43 Å². The number of amidine groups is 1. The van der Waals surface area contributed by atoms with Gasteiger partial charge in [0.2, 0.25) is 5.84 Å². The van der Waals surface area contributed by atoms with E-state index in [9.17, 15) is 0 Å². The Bertz CT molecular complexity index is 1720. The molecule has 5 aromatic carbocycles. The molecule has 0 atom stereocenters. The van der Waals surface area contributed by atoms with Crippen molar-refractivity contribution in [1.29, 1.82) is 0 Å². The summed E-state index contributed by atoms with van der Waals surface area (Å²) in [5, 5.41) is 19.3. The molecule has 1 N–H and O–H groups in total. The van der Waals surface area contributed by atoms with Gasteiger partial charge in [0.25, 0.3) is 0 Å². The van der Waals surface area contributed by atoms with Gasteiger partial charge in [0.05, 0.1) is 11.2 Å². The van der Waals surface area contributed by atoms with E-state index in [2.05, 4.69) is 68.2 Å². The molecule has 0 saturated heterocycles. The number of aromatic nitrogens is 1. The van der Waals surface area contributed by atoms with Crippen LogP contribution in [0.2, 0.25) is 0 Å². The van der Waals surface area contributed by atoms with Crippen LogP contribution in [0.5, 0.6) is 0 Å². The molecule has 6 aromatic rings. The topological polar surface area (TPSA) is 62.0 Å². The highest BCUT2D eigenvalue weighted by molar-refractivity contribution is 6.16. The largest absolute Gasteiger partial charge is 0.276 e. The molecular formula is C30H21N5. The van der Waals surface area contributed by atoms with Crippen molar-refractivity contribution in [3.63, 3.8) is 0 Å². The quantitative estimate of drug-likeness (QED) is 0.0967. The fourth-order valence-electron chi connectivity index (χ4n) is 4.21. The van der Waals surface area contributed by atoms with E-state index in [1.165, 1.54) is 10.8 Å². The van der Waals surface area contributed by atoms with Crippen molar-refractivity contribution < 1.29 is 0 Å². The van der Waals surface area contributed by atoms with Gasteiger partial charge in [-0.2, -0.15) is 5.10 Å². The molecule has 0 unspecified atom stereocenters. The number of hydrazone groups is 1. The number of pyridine rings is 1. The second-order valence-electron chi connectivity index (χ2n) is 8.16. The molecule has 0 aliphatic carbocycles. The lowest BCUT2D eigenvalue weighted by molar-refractivity contribution is 1.18. The Balaban J connectivity index is 1.47. The zero-order valence-corrected chi connectivity index (χ0v) is 18.8. The molecule has 0 fully saturated rings. The van der Waals surface area contributed by atoms with Gasteiger partial charge in [0, 0.05) is 10.9 Å². The molecule has 0 spiro atoms. The van der Waals surface area contributed by atoms with Crippen LogP contribution in [0.3, 0.4) is 0 Å². The van der Waals surface area contributed by atoms with Gasteiger partial charge in [-0.05, 0) is 51.9 Å². The van der Waals surface area contributed by atoms with Crippen LogP contribution in [0.1, 0.15) is 5.56 Å². The van der Waals surface area contributed by atoms with E-state index in [-0.39, 0.29) is 0 Å². The van der Waals surface area contributed by atoms with Crippen molar-refractivity contribution in [2.75, 3.05) is 5.43 Å². The highest BCUT2D eigenvalue weighted by Crippen LogP contribution is 2.29. The second kappa shape index (κ2) is 9.15. The number of hydrogen-bond donors (Lipinski definition) is 1. The first-order valence-corrected chi connectivity index (χ1v) is 11.4. The first kappa shape index (κ1) is 20.7. The third-order valence-corrected chi connectivity index (χ3v) is 5.92. The highest BCUT2D eigenvalue weighted by atomic mass is 15.3. The monoisotopic (exact) mass is 451 g/mol. The summed E-state index contributed by atoms with van der Waals surface area (Å²) in [5.74, 6) is 1.01. The zero-order valence-electron chi connectivity index (χ0n) is 18.8. The van der Waals surface area contributed by atoms with Crippen LogP contribution >= 0.6 is 0 Å². The summed E-state index contributed by atoms with van der Waals surface area (Å²) in [6, 6.07) is 40.4. The zero-order chi connectivity index (χ0) is 23.5. The van der Waals surface area contributed by atoms with Gasteiger partial charge in [-0.25, -0.2) is 4.98 Å². The summed E-state index contributed by atoms with van der Waals surface area (Å²) in [4.78, 5) is 4.63. The van der Waals surface area contributed by atoms with Crippen LogP contribution in [-0.4, -0.2) is 10.8 Å². The van der Waals surface area contributed by atoms with Gasteiger partial charge >= 0.3 is 0 Å². The molecule has 6 rings (SSSR count). The predicted octanol–water partition coefficient (Wildman–Crippen LogP) is 8.10. The molecule has 0 radical (unpaired) electrons. The maximum absolute atomic E-state index is 4.65. The lowest BCUT2D eigenvalue weighted by Crippen LogP contribution is -2.02. The van der Waals surface area contributed by atoms with E-state index in [1.807, 2.05) is 78.9 Å². The Hall–Kier alpha value is -4.90. The minimum Gasteiger partial charge on any atom is -0.276 e. The highest BCUT2D eigenvalue weighted by Gasteiger charge is 2.11. The van der Waals surface area contributed by atoms with Crippen molar-refractivity contribution in [1.82, 2.24) is 4.98 Å². The Morgan fingerprint density at radius 3 is 2.23 bits per heavy atom. The van der Waals surface area contributed by atoms with Gasteiger partial charge in [-0.15, -0.1) is 10.2 Å². The van der Waals surface area contributed by atoms with Gasteiger partial charge in [0.15, 0.2) is 5.82 Å². The number of azo groups is 1. The van der Waals surface area contributed by atoms with E-state index in [0.29, 0.717) is 11.7 Å². The van der Waals surface area contributed by atoms with E-state index >= 15 is 0 Å². The lowest BCUT2D eigenvalue weighted by Gasteiger charge is -2.09. The number of nitrogens with one attached hydrogen (secondary N) is 1. The molecule has 5 nitrogen and oxygen atoms in total. The molecule has 0 amide bonds. The number of fused-ring (bicyclic) bond motifs is 4. The summed E-state index contributed by atoms with van der Waals surface area (Å²) in [6.45, 7) is 0. The fourth-order valence-corrected chi connectivity index (χ4v) is 4.21. The summed E-state index contributed by atoms with van der Waals surface area (Å²) >= 11 is 0. The number of anilines is 1. The van der Waals surface area contributed by atoms with Gasteiger partial charge in [0.1, 0.15) is 0 Å². The summed E-state index contributed by atoms with van der Waals surface area (Å²) in [5.41, 5.74) is 5.76. The van der Waals surface area contributed by atoms with E-state index < -0.39 is 0 Å². The normalized spacial score (nSPS) is 12.1. The van der Waals surface area contributed by atoms with Crippen LogP contribution in [-0.2, 0) is 0 Å². The smallest absolute Gasteiger partial charge is 0.201 e. The Labute approximate surface area is 202 Å². The maximum Gasteiger partial charge on any atom is 0.201 e. The minimum absolute atomic E-state index is 0.477. The molecular weight excluding hydrogens is 430 g/mol. The van der Waals surface area contributed by atoms with Crippen LogP contribution in [0.15, 0.2) is 137 Å². The van der Waals surface area contributed by atoms with Crippen molar-refractivity contribution in [2.24, 2.45) is 15.3 Å². The predicted molar refractivity (Wildman–Crippen MR) is 144 cm³/mol. The Morgan fingerprint density at radius 1 is 0.571 bits per heavy atom. The molecule has 0 aliphatic rings. The average Bonchev–Trinajstić information content (AvgIpc) is 2.93. The molecule has 166 valence electrons. The first-order chi connectivity index (χ1) is 17.3. The molecule has 0 bridgehead atoms. The number of nitrogens with zero attached hydrogens (tertiary/aromatic N) is 4. The molecule has 35 heavy (non-hydrogen) atoms. The molecule has 0 aliphatic heterocycles. The number of para-hydroxylation sites is 2. The second-order valence-corrected chi connectivity index (χ2v) is 8.16. The van der Waals surface area contributed by atoms with Crippen LogP contribution in [0, 0.1) is 0 Å². The third kappa shape index (κ3) is 4.23. The van der Waals surface area contributed by atoms with Crippen LogP contribution in [0.4, 0.5) is 11.5 Å². The van der Waals surface area contributed by atoms with E-state index in [0.717, 1.165) is 32.9 Å². The van der Waals surface area contributed by atoms with Crippen molar-refractivity contribution in [3.05, 3.63) is 127 Å². The molecule has 5 heteroatoms. The van der Waals surface area contributed by atoms with Crippen molar-refractivity contribution >= 4 is 49.8 Å². The maximum atomic E-state index is 4.65. The standard InChI is InChI=1S/C30H21N5/c1-2-11-23(12-3-1)32-34-30(35-33-29-20-18-22-10-5-7-16-28(22)31-29)27-15-8-14-25-24-13-6-4-9-21(24)17-19-26(25)27/h1-20,32H. The van der Waals surface area contributed by atoms with Gasteiger partial charge in [-0.1, -0.05) is 91.0 Å². The molecule has 1 aromatic heterocycles.